The molecule has 0 aliphatic carbocycles. The fourth-order valence-corrected chi connectivity index (χ4v) is 3.37. The number of urea groups is 1. The fourth-order valence-electron chi connectivity index (χ4n) is 1.87. The second-order valence-corrected chi connectivity index (χ2v) is 7.07. The van der Waals surface area contributed by atoms with Crippen LogP contribution < -0.4 is 10.2 Å². The summed E-state index contributed by atoms with van der Waals surface area (Å²) in [6.07, 6.45) is 1.75. The summed E-state index contributed by atoms with van der Waals surface area (Å²) >= 11 is 5.05. The Balaban J connectivity index is 1.88. The second-order valence-electron chi connectivity index (χ2n) is 5.16. The number of aromatic nitrogens is 1. The summed E-state index contributed by atoms with van der Waals surface area (Å²) in [7, 11) is 5.68. The lowest BCUT2D eigenvalue weighted by molar-refractivity contribution is 0.207. The van der Waals surface area contributed by atoms with Gasteiger partial charge in [-0.2, -0.15) is 0 Å². The molecular weight excluding hydrogens is 364 g/mol. The third-order valence-electron chi connectivity index (χ3n) is 3.07. The van der Waals surface area contributed by atoms with Gasteiger partial charge in [0, 0.05) is 48.6 Å². The zero-order valence-corrected chi connectivity index (χ0v) is 15.2. The number of hydrogen-bond donors (Lipinski definition) is 1. The van der Waals surface area contributed by atoms with E-state index in [1.807, 2.05) is 42.6 Å². The van der Waals surface area contributed by atoms with Crippen molar-refractivity contribution < 1.29 is 4.79 Å². The molecule has 2 rings (SSSR count). The highest BCUT2D eigenvalue weighted by Crippen LogP contribution is 2.20. The zero-order chi connectivity index (χ0) is 16.1. The third kappa shape index (κ3) is 4.71. The number of nitrogens with one attached hydrogen (secondary N) is 1. The van der Waals surface area contributed by atoms with E-state index in [1.165, 1.54) is 0 Å². The Bertz CT molecular complexity index is 644. The van der Waals surface area contributed by atoms with Crippen molar-refractivity contribution in [1.29, 1.82) is 0 Å². The lowest BCUT2D eigenvalue weighted by Crippen LogP contribution is -2.36. The van der Waals surface area contributed by atoms with Crippen LogP contribution in [0.3, 0.4) is 0 Å². The number of carbonyl (C=O) groups is 1. The van der Waals surface area contributed by atoms with E-state index >= 15 is 0 Å². The monoisotopic (exact) mass is 382 g/mol. The van der Waals surface area contributed by atoms with E-state index in [1.54, 1.807) is 29.5 Å². The minimum Gasteiger partial charge on any atom is -0.363 e. The lowest BCUT2D eigenvalue weighted by atomic mass is 10.2. The second kappa shape index (κ2) is 7.60. The van der Waals surface area contributed by atoms with Crippen LogP contribution in [0.2, 0.25) is 0 Å². The molecule has 1 N–H and O–H groups in total. The summed E-state index contributed by atoms with van der Waals surface area (Å²) in [5.41, 5.74) is 1.03. The summed E-state index contributed by atoms with van der Waals surface area (Å²) in [5, 5.41) is 4.94. The molecule has 0 fully saturated rings. The molecule has 0 saturated carbocycles. The van der Waals surface area contributed by atoms with Crippen LogP contribution in [0.25, 0.3) is 0 Å². The van der Waals surface area contributed by atoms with Crippen molar-refractivity contribution in [3.8, 4) is 0 Å². The van der Waals surface area contributed by atoms with Gasteiger partial charge in [-0.3, -0.25) is 0 Å². The number of thiophene rings is 1. The Labute approximate surface area is 143 Å². The van der Waals surface area contributed by atoms with Crippen molar-refractivity contribution in [1.82, 2.24) is 15.2 Å². The highest BCUT2D eigenvalue weighted by Gasteiger charge is 2.10. The van der Waals surface area contributed by atoms with E-state index < -0.39 is 0 Å². The number of rotatable bonds is 5. The van der Waals surface area contributed by atoms with Gasteiger partial charge in [0.2, 0.25) is 0 Å². The SMILES string of the molecule is CN(Cc1cc(Br)cs1)C(=O)NCc1ccnc(N(C)C)c1. The quantitative estimate of drug-likeness (QED) is 0.862. The van der Waals surface area contributed by atoms with Crippen LogP contribution in [-0.2, 0) is 13.1 Å². The molecule has 2 amide bonds. The van der Waals surface area contributed by atoms with Gasteiger partial charge in [-0.15, -0.1) is 11.3 Å². The standard InChI is InChI=1S/C15H19BrN4OS/c1-19(2)14-6-11(4-5-17-14)8-18-15(21)20(3)9-13-7-12(16)10-22-13/h4-7,10H,8-9H2,1-3H3,(H,18,21). The third-order valence-corrected chi connectivity index (χ3v) is 4.76. The van der Waals surface area contributed by atoms with Gasteiger partial charge in [-0.1, -0.05) is 0 Å². The predicted molar refractivity (Wildman–Crippen MR) is 94.3 cm³/mol. The van der Waals surface area contributed by atoms with Crippen LogP contribution in [-0.4, -0.2) is 37.1 Å². The molecule has 0 radical (unpaired) electrons. The molecule has 0 bridgehead atoms. The molecule has 0 saturated heterocycles. The van der Waals surface area contributed by atoms with Crippen molar-refractivity contribution in [3.63, 3.8) is 0 Å². The first-order valence-electron chi connectivity index (χ1n) is 6.80. The largest absolute Gasteiger partial charge is 0.363 e. The van der Waals surface area contributed by atoms with Gasteiger partial charge in [0.05, 0.1) is 6.54 Å². The number of carbonyl (C=O) groups excluding carboxylic acids is 1. The molecule has 0 aromatic carbocycles. The van der Waals surface area contributed by atoms with E-state index in [-0.39, 0.29) is 6.03 Å². The first-order chi connectivity index (χ1) is 10.5. The van der Waals surface area contributed by atoms with Crippen molar-refractivity contribution in [2.75, 3.05) is 26.0 Å². The molecule has 2 aromatic heterocycles. The van der Waals surface area contributed by atoms with Crippen LogP contribution in [0.1, 0.15) is 10.4 Å². The Hall–Kier alpha value is -1.60. The Kier molecular flexibility index (Phi) is 5.79. The summed E-state index contributed by atoms with van der Waals surface area (Å²) in [5.74, 6) is 0.878. The first kappa shape index (κ1) is 16.8. The topological polar surface area (TPSA) is 48.5 Å². The summed E-state index contributed by atoms with van der Waals surface area (Å²) < 4.78 is 1.05. The molecule has 0 spiro atoms. The maximum atomic E-state index is 12.1. The maximum Gasteiger partial charge on any atom is 0.317 e. The number of nitrogens with zero attached hydrogens (tertiary/aromatic N) is 3. The zero-order valence-electron chi connectivity index (χ0n) is 12.8. The lowest BCUT2D eigenvalue weighted by Gasteiger charge is -2.17. The molecule has 2 aromatic rings. The van der Waals surface area contributed by atoms with Crippen molar-refractivity contribution in [2.45, 2.75) is 13.1 Å². The van der Waals surface area contributed by atoms with E-state index in [9.17, 15) is 4.79 Å². The number of anilines is 1. The molecule has 0 aliphatic heterocycles. The van der Waals surface area contributed by atoms with Crippen molar-refractivity contribution in [2.24, 2.45) is 0 Å². The van der Waals surface area contributed by atoms with Gasteiger partial charge in [-0.05, 0) is 39.7 Å². The molecule has 118 valence electrons. The number of pyridine rings is 1. The summed E-state index contributed by atoms with van der Waals surface area (Å²) in [6.45, 7) is 1.09. The predicted octanol–water partition coefficient (Wildman–Crippen LogP) is 3.31. The van der Waals surface area contributed by atoms with E-state index in [4.69, 9.17) is 0 Å². The van der Waals surface area contributed by atoms with Gasteiger partial charge in [0.25, 0.3) is 0 Å². The van der Waals surface area contributed by atoms with Crippen LogP contribution >= 0.6 is 27.3 Å². The number of halogens is 1. The molecule has 0 aliphatic rings. The molecule has 5 nitrogen and oxygen atoms in total. The van der Waals surface area contributed by atoms with E-state index in [0.29, 0.717) is 13.1 Å². The number of hydrogen-bond acceptors (Lipinski definition) is 4. The maximum absolute atomic E-state index is 12.1. The molecule has 22 heavy (non-hydrogen) atoms. The average molecular weight is 383 g/mol. The minimum absolute atomic E-state index is 0.0901. The Morgan fingerprint density at radius 3 is 2.77 bits per heavy atom. The molecule has 7 heteroatoms. The summed E-state index contributed by atoms with van der Waals surface area (Å²) in [6, 6.07) is 5.81. The highest BCUT2D eigenvalue weighted by atomic mass is 79.9. The van der Waals surface area contributed by atoms with Gasteiger partial charge >= 0.3 is 6.03 Å². The Morgan fingerprint density at radius 2 is 2.14 bits per heavy atom. The van der Waals surface area contributed by atoms with Crippen LogP contribution in [0.5, 0.6) is 0 Å². The fraction of sp³-hybridized carbons (Fsp3) is 0.333. The van der Waals surface area contributed by atoms with Crippen LogP contribution in [0.4, 0.5) is 10.6 Å². The van der Waals surface area contributed by atoms with Crippen LogP contribution in [0.15, 0.2) is 34.2 Å². The van der Waals surface area contributed by atoms with E-state index in [2.05, 4.69) is 26.2 Å². The highest BCUT2D eigenvalue weighted by molar-refractivity contribution is 9.10. The first-order valence-corrected chi connectivity index (χ1v) is 8.47. The Morgan fingerprint density at radius 1 is 1.36 bits per heavy atom. The molecular formula is C15H19BrN4OS. The van der Waals surface area contributed by atoms with Gasteiger partial charge in [0.15, 0.2) is 0 Å². The molecule has 2 heterocycles. The minimum atomic E-state index is -0.0901. The van der Waals surface area contributed by atoms with Crippen molar-refractivity contribution >= 4 is 39.1 Å². The van der Waals surface area contributed by atoms with Gasteiger partial charge in [0.1, 0.15) is 5.82 Å². The van der Waals surface area contributed by atoms with Crippen LogP contribution in [0, 0.1) is 0 Å². The average Bonchev–Trinajstić information content (AvgIpc) is 2.90. The smallest absolute Gasteiger partial charge is 0.317 e. The van der Waals surface area contributed by atoms with Gasteiger partial charge in [-0.25, -0.2) is 9.78 Å². The number of amides is 2. The normalized spacial score (nSPS) is 10.4. The molecule has 0 atom stereocenters. The van der Waals surface area contributed by atoms with E-state index in [0.717, 1.165) is 20.7 Å². The van der Waals surface area contributed by atoms with Gasteiger partial charge < -0.3 is 15.1 Å². The molecule has 0 unspecified atom stereocenters. The van der Waals surface area contributed by atoms with Crippen molar-refractivity contribution in [3.05, 3.63) is 44.7 Å². The summed E-state index contributed by atoms with van der Waals surface area (Å²) in [4.78, 5) is 21.1.